The second-order valence-corrected chi connectivity index (χ2v) is 4.54. The summed E-state index contributed by atoms with van der Waals surface area (Å²) in [6, 6.07) is 8.30. The number of rotatable bonds is 5. The highest BCUT2D eigenvalue weighted by molar-refractivity contribution is 5.97. The zero-order valence-electron chi connectivity index (χ0n) is 13.1. The Balaban J connectivity index is 2.46. The molecule has 2 rings (SSSR count). The fourth-order valence-electron chi connectivity index (χ4n) is 2.01. The molecule has 0 amide bonds. The van der Waals surface area contributed by atoms with Gasteiger partial charge in [-0.2, -0.15) is 0 Å². The highest BCUT2D eigenvalue weighted by Gasteiger charge is 2.17. The molecule has 6 nitrogen and oxygen atoms in total. The molecular formula is C17H17NO5. The van der Waals surface area contributed by atoms with Gasteiger partial charge in [0.1, 0.15) is 17.1 Å². The number of phenols is 1. The third-order valence-corrected chi connectivity index (χ3v) is 3.13. The lowest BCUT2D eigenvalue weighted by Crippen LogP contribution is -2.04. The normalized spacial score (nSPS) is 10.6. The van der Waals surface area contributed by atoms with Crippen LogP contribution in [0.5, 0.6) is 17.4 Å². The number of esters is 1. The standard InChI is InChI=1S/C17H17NO5/c1-21-13-9-11(16(14(19)10-13)17(20)23-3)7-8-12-5-4-6-15(18-12)22-2/h4-10,19H,1-3H3. The summed E-state index contributed by atoms with van der Waals surface area (Å²) in [5, 5.41) is 10.0. The number of hydrogen-bond donors (Lipinski definition) is 1. The summed E-state index contributed by atoms with van der Waals surface area (Å²) in [5.74, 6) is 0.0556. The summed E-state index contributed by atoms with van der Waals surface area (Å²) in [4.78, 5) is 16.1. The number of carbonyl (C=O) groups excluding carboxylic acids is 1. The van der Waals surface area contributed by atoms with Gasteiger partial charge in [0, 0.05) is 12.1 Å². The SMILES string of the molecule is COC(=O)c1c(O)cc(OC)cc1C=Cc1cccc(OC)n1. The van der Waals surface area contributed by atoms with Crippen molar-refractivity contribution < 1.29 is 24.1 Å². The van der Waals surface area contributed by atoms with E-state index in [0.717, 1.165) is 0 Å². The number of methoxy groups -OCH3 is 3. The summed E-state index contributed by atoms with van der Waals surface area (Å²) in [6.45, 7) is 0. The number of phenolic OH excluding ortho intramolecular Hbond substituents is 1. The van der Waals surface area contributed by atoms with Gasteiger partial charge in [0.15, 0.2) is 0 Å². The van der Waals surface area contributed by atoms with Crippen molar-refractivity contribution in [3.8, 4) is 17.4 Å². The second kappa shape index (κ2) is 7.31. The Hall–Kier alpha value is -3.02. The van der Waals surface area contributed by atoms with Crippen molar-refractivity contribution in [2.75, 3.05) is 21.3 Å². The van der Waals surface area contributed by atoms with Crippen LogP contribution in [0.15, 0.2) is 30.3 Å². The molecule has 0 fully saturated rings. The molecule has 0 atom stereocenters. The first-order chi connectivity index (χ1) is 11.1. The van der Waals surface area contributed by atoms with Gasteiger partial charge in [-0.05, 0) is 23.8 Å². The van der Waals surface area contributed by atoms with Gasteiger partial charge in [0.25, 0.3) is 0 Å². The number of aromatic hydroxyl groups is 1. The number of carbonyl (C=O) groups is 1. The van der Waals surface area contributed by atoms with Crippen LogP contribution in [0.4, 0.5) is 0 Å². The molecule has 1 aromatic carbocycles. The van der Waals surface area contributed by atoms with Gasteiger partial charge in [-0.3, -0.25) is 0 Å². The van der Waals surface area contributed by atoms with Crippen LogP contribution in [0.2, 0.25) is 0 Å². The van der Waals surface area contributed by atoms with Crippen molar-refractivity contribution in [3.05, 3.63) is 47.2 Å². The lowest BCUT2D eigenvalue weighted by molar-refractivity contribution is 0.0597. The summed E-state index contributed by atoms with van der Waals surface area (Å²) in [5.41, 5.74) is 1.16. The second-order valence-electron chi connectivity index (χ2n) is 4.54. The van der Waals surface area contributed by atoms with Crippen LogP contribution in [0.3, 0.4) is 0 Å². The van der Waals surface area contributed by atoms with Crippen LogP contribution in [-0.4, -0.2) is 37.4 Å². The van der Waals surface area contributed by atoms with Gasteiger partial charge >= 0.3 is 5.97 Å². The van der Waals surface area contributed by atoms with Gasteiger partial charge in [-0.1, -0.05) is 12.1 Å². The molecule has 1 aromatic heterocycles. The smallest absolute Gasteiger partial charge is 0.342 e. The molecule has 0 unspecified atom stereocenters. The molecule has 1 N–H and O–H groups in total. The van der Waals surface area contributed by atoms with Gasteiger partial charge in [0.2, 0.25) is 5.88 Å². The number of nitrogens with zero attached hydrogens (tertiary/aromatic N) is 1. The van der Waals surface area contributed by atoms with Crippen LogP contribution < -0.4 is 9.47 Å². The maximum Gasteiger partial charge on any atom is 0.342 e. The van der Waals surface area contributed by atoms with E-state index in [1.165, 1.54) is 27.4 Å². The number of pyridine rings is 1. The van der Waals surface area contributed by atoms with E-state index in [1.807, 2.05) is 0 Å². The fraction of sp³-hybridized carbons (Fsp3) is 0.176. The van der Waals surface area contributed by atoms with Crippen molar-refractivity contribution >= 4 is 18.1 Å². The molecule has 0 radical (unpaired) electrons. The van der Waals surface area contributed by atoms with E-state index in [1.54, 1.807) is 36.4 Å². The van der Waals surface area contributed by atoms with Gasteiger partial charge < -0.3 is 19.3 Å². The average Bonchev–Trinajstić information content (AvgIpc) is 2.58. The van der Waals surface area contributed by atoms with Crippen LogP contribution in [0.1, 0.15) is 21.6 Å². The molecule has 6 heteroatoms. The molecule has 0 saturated heterocycles. The van der Waals surface area contributed by atoms with Crippen LogP contribution in [-0.2, 0) is 4.74 Å². The number of benzene rings is 1. The number of ether oxygens (including phenoxy) is 3. The van der Waals surface area contributed by atoms with Crippen LogP contribution >= 0.6 is 0 Å². The predicted octanol–water partition coefficient (Wildman–Crippen LogP) is 2.76. The van der Waals surface area contributed by atoms with Crippen molar-refractivity contribution in [1.82, 2.24) is 4.98 Å². The molecule has 0 aliphatic heterocycles. The lowest BCUT2D eigenvalue weighted by atomic mass is 10.0. The van der Waals surface area contributed by atoms with Crippen LogP contribution in [0.25, 0.3) is 12.2 Å². The van der Waals surface area contributed by atoms with E-state index in [2.05, 4.69) is 4.98 Å². The lowest BCUT2D eigenvalue weighted by Gasteiger charge is -2.09. The first kappa shape index (κ1) is 16.4. The fourth-order valence-corrected chi connectivity index (χ4v) is 2.01. The van der Waals surface area contributed by atoms with Gasteiger partial charge in [0.05, 0.1) is 27.0 Å². The maximum atomic E-state index is 11.9. The molecule has 120 valence electrons. The Bertz CT molecular complexity index is 740. The van der Waals surface area contributed by atoms with Crippen LogP contribution in [0, 0.1) is 0 Å². The van der Waals surface area contributed by atoms with E-state index in [9.17, 15) is 9.90 Å². The summed E-state index contributed by atoms with van der Waals surface area (Å²) >= 11 is 0. The Labute approximate surface area is 134 Å². The molecule has 0 saturated carbocycles. The average molecular weight is 315 g/mol. The van der Waals surface area contributed by atoms with Gasteiger partial charge in [-0.25, -0.2) is 9.78 Å². The van der Waals surface area contributed by atoms with Crippen molar-refractivity contribution in [3.63, 3.8) is 0 Å². The summed E-state index contributed by atoms with van der Waals surface area (Å²) < 4.78 is 14.9. The van der Waals surface area contributed by atoms with E-state index < -0.39 is 5.97 Å². The van der Waals surface area contributed by atoms with E-state index in [4.69, 9.17) is 14.2 Å². The first-order valence-electron chi connectivity index (χ1n) is 6.77. The molecule has 0 bridgehead atoms. The minimum absolute atomic E-state index is 0.0625. The molecule has 1 heterocycles. The quantitative estimate of drug-likeness (QED) is 0.855. The Morgan fingerprint density at radius 3 is 2.57 bits per heavy atom. The largest absolute Gasteiger partial charge is 0.507 e. The highest BCUT2D eigenvalue weighted by atomic mass is 16.5. The molecule has 2 aromatic rings. The monoisotopic (exact) mass is 315 g/mol. The molecular weight excluding hydrogens is 298 g/mol. The summed E-state index contributed by atoms with van der Waals surface area (Å²) in [6.07, 6.45) is 3.35. The number of aromatic nitrogens is 1. The maximum absolute atomic E-state index is 11.9. The number of hydrogen-bond acceptors (Lipinski definition) is 6. The third-order valence-electron chi connectivity index (χ3n) is 3.13. The summed E-state index contributed by atoms with van der Waals surface area (Å²) in [7, 11) is 4.26. The minimum Gasteiger partial charge on any atom is -0.507 e. The van der Waals surface area contributed by atoms with E-state index in [0.29, 0.717) is 22.9 Å². The zero-order valence-corrected chi connectivity index (χ0v) is 13.1. The molecule has 0 spiro atoms. The van der Waals surface area contributed by atoms with E-state index >= 15 is 0 Å². The Kier molecular flexibility index (Phi) is 5.19. The first-order valence-corrected chi connectivity index (χ1v) is 6.77. The topological polar surface area (TPSA) is 77.9 Å². The highest BCUT2D eigenvalue weighted by Crippen LogP contribution is 2.29. The van der Waals surface area contributed by atoms with E-state index in [-0.39, 0.29) is 11.3 Å². The predicted molar refractivity (Wildman–Crippen MR) is 85.7 cm³/mol. The third kappa shape index (κ3) is 3.79. The zero-order chi connectivity index (χ0) is 16.8. The Morgan fingerprint density at radius 1 is 1.13 bits per heavy atom. The van der Waals surface area contributed by atoms with Gasteiger partial charge in [-0.15, -0.1) is 0 Å². The van der Waals surface area contributed by atoms with Crippen molar-refractivity contribution in [2.45, 2.75) is 0 Å². The molecule has 0 aliphatic rings. The van der Waals surface area contributed by atoms with Crippen molar-refractivity contribution in [1.29, 1.82) is 0 Å². The Morgan fingerprint density at radius 2 is 1.91 bits per heavy atom. The molecule has 0 aliphatic carbocycles. The van der Waals surface area contributed by atoms with Crippen molar-refractivity contribution in [2.24, 2.45) is 0 Å². The molecule has 23 heavy (non-hydrogen) atoms. The minimum atomic E-state index is -0.636.